The summed E-state index contributed by atoms with van der Waals surface area (Å²) >= 11 is 0. The van der Waals surface area contributed by atoms with Gasteiger partial charge in [-0.3, -0.25) is 9.36 Å². The van der Waals surface area contributed by atoms with Gasteiger partial charge >= 0.3 is 0 Å². The van der Waals surface area contributed by atoms with Gasteiger partial charge in [-0.05, 0) is 57.8 Å². The summed E-state index contributed by atoms with van der Waals surface area (Å²) in [6.45, 7) is 6.38. The Kier molecular flexibility index (Phi) is 5.25. The van der Waals surface area contributed by atoms with Crippen molar-refractivity contribution in [2.75, 3.05) is 38.1 Å². The fourth-order valence-corrected chi connectivity index (χ4v) is 4.96. The number of anilines is 1. The number of benzene rings is 1. The molecular formula is C23H28FN5O2. The molecule has 0 atom stereocenters. The number of nitrogens with zero attached hydrogens (tertiary/aromatic N) is 5. The predicted octanol–water partition coefficient (Wildman–Crippen LogP) is 3.09. The SMILES string of the molecule is Cc1nc2n(c(=O)c1CCN1CCC(c3noc4cc(F)ccc34)CC1)CCCN2C. The third-order valence-electron chi connectivity index (χ3n) is 6.78. The first-order valence-corrected chi connectivity index (χ1v) is 11.1. The second-order valence-electron chi connectivity index (χ2n) is 8.78. The average Bonchev–Trinajstić information content (AvgIpc) is 3.18. The largest absolute Gasteiger partial charge is 0.356 e. The number of likely N-dealkylation sites (tertiary alicyclic amines) is 1. The molecule has 2 aromatic heterocycles. The Hall–Kier alpha value is -2.74. The lowest BCUT2D eigenvalue weighted by molar-refractivity contribution is 0.211. The van der Waals surface area contributed by atoms with Gasteiger partial charge in [-0.2, -0.15) is 0 Å². The van der Waals surface area contributed by atoms with E-state index in [-0.39, 0.29) is 11.4 Å². The quantitative estimate of drug-likeness (QED) is 0.640. The molecule has 31 heavy (non-hydrogen) atoms. The van der Waals surface area contributed by atoms with E-state index in [4.69, 9.17) is 9.51 Å². The van der Waals surface area contributed by atoms with E-state index in [2.05, 4.69) is 15.0 Å². The van der Waals surface area contributed by atoms with Crippen molar-refractivity contribution >= 4 is 16.9 Å². The molecule has 1 fully saturated rings. The minimum Gasteiger partial charge on any atom is -0.356 e. The minimum absolute atomic E-state index is 0.116. The standard InChI is InChI=1S/C23H28FN5O2/c1-15-18(22(30)29-10-3-9-27(2)23(29)25-15)8-13-28-11-6-16(7-12-28)21-19-5-4-17(24)14-20(19)31-26-21/h4-5,14,16H,3,6-13H2,1-2H3. The molecule has 0 spiro atoms. The summed E-state index contributed by atoms with van der Waals surface area (Å²) in [5, 5.41) is 5.14. The van der Waals surface area contributed by atoms with Gasteiger partial charge in [0.2, 0.25) is 5.95 Å². The van der Waals surface area contributed by atoms with Gasteiger partial charge in [0.1, 0.15) is 5.82 Å². The molecule has 8 heteroatoms. The third kappa shape index (κ3) is 3.73. The first-order valence-electron chi connectivity index (χ1n) is 11.1. The van der Waals surface area contributed by atoms with E-state index in [9.17, 15) is 9.18 Å². The fourth-order valence-electron chi connectivity index (χ4n) is 4.96. The predicted molar refractivity (Wildman–Crippen MR) is 117 cm³/mol. The van der Waals surface area contributed by atoms with Crippen LogP contribution in [0.25, 0.3) is 11.0 Å². The summed E-state index contributed by atoms with van der Waals surface area (Å²) in [6, 6.07) is 4.62. The van der Waals surface area contributed by atoms with Gasteiger partial charge in [0.25, 0.3) is 5.56 Å². The summed E-state index contributed by atoms with van der Waals surface area (Å²) in [4.78, 5) is 22.2. The summed E-state index contributed by atoms with van der Waals surface area (Å²) < 4.78 is 20.6. The van der Waals surface area contributed by atoms with Crippen molar-refractivity contribution in [1.29, 1.82) is 0 Å². The van der Waals surface area contributed by atoms with Crippen LogP contribution in [0.15, 0.2) is 27.5 Å². The van der Waals surface area contributed by atoms with Gasteiger partial charge in [0, 0.05) is 55.3 Å². The molecule has 0 unspecified atom stereocenters. The number of aryl methyl sites for hydroxylation is 1. The third-order valence-corrected chi connectivity index (χ3v) is 6.78. The molecule has 0 aliphatic carbocycles. The Morgan fingerprint density at radius 1 is 1.19 bits per heavy atom. The van der Waals surface area contributed by atoms with Crippen molar-refractivity contribution in [3.63, 3.8) is 0 Å². The number of piperidine rings is 1. The van der Waals surface area contributed by atoms with Crippen LogP contribution >= 0.6 is 0 Å². The van der Waals surface area contributed by atoms with Gasteiger partial charge in [-0.1, -0.05) is 5.16 Å². The zero-order valence-corrected chi connectivity index (χ0v) is 18.1. The topological polar surface area (TPSA) is 67.4 Å². The molecule has 1 saturated heterocycles. The number of aromatic nitrogens is 3. The van der Waals surface area contributed by atoms with Crippen LogP contribution < -0.4 is 10.5 Å². The molecule has 0 radical (unpaired) electrons. The van der Waals surface area contributed by atoms with E-state index >= 15 is 0 Å². The first-order chi connectivity index (χ1) is 15.0. The van der Waals surface area contributed by atoms with Gasteiger partial charge in [0.15, 0.2) is 5.58 Å². The molecule has 0 amide bonds. The van der Waals surface area contributed by atoms with Crippen molar-refractivity contribution < 1.29 is 8.91 Å². The maximum Gasteiger partial charge on any atom is 0.258 e. The molecule has 5 rings (SSSR count). The van der Waals surface area contributed by atoms with E-state index in [1.165, 1.54) is 12.1 Å². The number of rotatable bonds is 4. The molecule has 0 saturated carbocycles. The van der Waals surface area contributed by atoms with Crippen LogP contribution in [-0.4, -0.2) is 52.8 Å². The number of fused-ring (bicyclic) bond motifs is 2. The molecule has 1 aromatic carbocycles. The van der Waals surface area contributed by atoms with Crippen molar-refractivity contribution in [2.45, 2.75) is 45.1 Å². The zero-order valence-electron chi connectivity index (χ0n) is 18.1. The second-order valence-corrected chi connectivity index (χ2v) is 8.78. The second kappa shape index (κ2) is 8.07. The van der Waals surface area contributed by atoms with E-state index in [0.717, 1.165) is 86.7 Å². The number of hydrogen-bond donors (Lipinski definition) is 0. The summed E-state index contributed by atoms with van der Waals surface area (Å²) in [5.74, 6) is 0.800. The van der Waals surface area contributed by atoms with Crippen molar-refractivity contribution in [3.05, 3.63) is 51.3 Å². The summed E-state index contributed by atoms with van der Waals surface area (Å²) in [5.41, 5.74) is 3.25. The van der Waals surface area contributed by atoms with E-state index < -0.39 is 0 Å². The van der Waals surface area contributed by atoms with Crippen LogP contribution in [0.5, 0.6) is 0 Å². The molecule has 0 bridgehead atoms. The Labute approximate surface area is 180 Å². The van der Waals surface area contributed by atoms with Gasteiger partial charge in [-0.15, -0.1) is 0 Å². The van der Waals surface area contributed by atoms with Crippen LogP contribution in [0.4, 0.5) is 10.3 Å². The highest BCUT2D eigenvalue weighted by molar-refractivity contribution is 5.79. The molecular weight excluding hydrogens is 397 g/mol. The van der Waals surface area contributed by atoms with Crippen LogP contribution in [0.2, 0.25) is 0 Å². The molecule has 4 heterocycles. The van der Waals surface area contributed by atoms with E-state index in [1.54, 1.807) is 6.07 Å². The van der Waals surface area contributed by atoms with Crippen LogP contribution in [0.1, 0.15) is 42.1 Å². The minimum atomic E-state index is -0.306. The Balaban J connectivity index is 1.24. The Bertz CT molecular complexity index is 1160. The van der Waals surface area contributed by atoms with E-state index in [0.29, 0.717) is 11.5 Å². The lowest BCUT2D eigenvalue weighted by Crippen LogP contribution is -2.39. The summed E-state index contributed by atoms with van der Waals surface area (Å²) in [7, 11) is 2.00. The lowest BCUT2D eigenvalue weighted by Gasteiger charge is -2.31. The maximum atomic E-state index is 13.4. The maximum absolute atomic E-state index is 13.4. The highest BCUT2D eigenvalue weighted by Gasteiger charge is 2.26. The molecule has 3 aromatic rings. The molecule has 2 aliphatic rings. The van der Waals surface area contributed by atoms with E-state index in [1.807, 2.05) is 18.5 Å². The molecule has 7 nitrogen and oxygen atoms in total. The van der Waals surface area contributed by atoms with Crippen LogP contribution in [0, 0.1) is 12.7 Å². The molecule has 0 N–H and O–H groups in total. The highest BCUT2D eigenvalue weighted by Crippen LogP contribution is 2.32. The summed E-state index contributed by atoms with van der Waals surface area (Å²) in [6.07, 6.45) is 3.65. The first kappa shape index (κ1) is 20.2. The van der Waals surface area contributed by atoms with Gasteiger partial charge in [-0.25, -0.2) is 9.37 Å². The zero-order chi connectivity index (χ0) is 21.5. The monoisotopic (exact) mass is 425 g/mol. The fraction of sp³-hybridized carbons (Fsp3) is 0.522. The smallest absolute Gasteiger partial charge is 0.258 e. The normalized spacial score (nSPS) is 18.0. The Morgan fingerprint density at radius 3 is 2.81 bits per heavy atom. The van der Waals surface area contributed by atoms with Gasteiger partial charge in [0.05, 0.1) is 5.69 Å². The number of halogens is 1. The lowest BCUT2D eigenvalue weighted by atomic mass is 9.91. The molecule has 164 valence electrons. The highest BCUT2D eigenvalue weighted by atomic mass is 19.1. The van der Waals surface area contributed by atoms with Crippen molar-refractivity contribution in [1.82, 2.24) is 19.6 Å². The molecule has 2 aliphatic heterocycles. The van der Waals surface area contributed by atoms with Gasteiger partial charge < -0.3 is 14.3 Å². The average molecular weight is 426 g/mol. The van der Waals surface area contributed by atoms with Crippen LogP contribution in [0.3, 0.4) is 0 Å². The van der Waals surface area contributed by atoms with Crippen molar-refractivity contribution in [3.8, 4) is 0 Å². The van der Waals surface area contributed by atoms with Crippen molar-refractivity contribution in [2.24, 2.45) is 0 Å². The number of hydrogen-bond acceptors (Lipinski definition) is 6. The Morgan fingerprint density at radius 2 is 2.00 bits per heavy atom. The van der Waals surface area contributed by atoms with Crippen LogP contribution in [-0.2, 0) is 13.0 Å².